The molecule has 1 aromatic heterocycles. The number of rotatable bonds is 2. The lowest BCUT2D eigenvalue weighted by Gasteiger charge is -2.28. The number of halogens is 3. The smallest absolute Gasteiger partial charge is 0.201 e. The Morgan fingerprint density at radius 3 is 2.42 bits per heavy atom. The molecule has 0 spiro atoms. The molecule has 104 valence electrons. The highest BCUT2D eigenvalue weighted by atomic mass is 79.9. The van der Waals surface area contributed by atoms with E-state index in [2.05, 4.69) is 21.2 Å². The number of hydrogen-bond acceptors (Lipinski definition) is 2. The Hall–Kier alpha value is -0.940. The van der Waals surface area contributed by atoms with Crippen LogP contribution in [-0.2, 0) is 0 Å². The second-order valence-electron chi connectivity index (χ2n) is 5.63. The molecule has 1 aromatic carbocycles. The van der Waals surface area contributed by atoms with Crippen LogP contribution in [0.3, 0.4) is 0 Å². The zero-order valence-electron chi connectivity index (χ0n) is 11.3. The lowest BCUT2D eigenvalue weighted by molar-refractivity contribution is 0.252. The van der Waals surface area contributed by atoms with Gasteiger partial charge in [-0.05, 0) is 40.5 Å². The lowest BCUT2D eigenvalue weighted by atomic mass is 9.85. The van der Waals surface area contributed by atoms with Crippen molar-refractivity contribution in [2.45, 2.75) is 26.8 Å². The zero-order valence-corrected chi connectivity index (χ0v) is 12.9. The van der Waals surface area contributed by atoms with E-state index in [1.807, 2.05) is 27.8 Å². The molecule has 19 heavy (non-hydrogen) atoms. The fourth-order valence-electron chi connectivity index (χ4n) is 2.26. The molecule has 0 fully saturated rings. The minimum Gasteiger partial charge on any atom is -0.456 e. The average molecular weight is 332 g/mol. The second-order valence-corrected chi connectivity index (χ2v) is 6.49. The van der Waals surface area contributed by atoms with E-state index in [0.29, 0.717) is 15.6 Å². The van der Waals surface area contributed by atoms with Gasteiger partial charge in [0.1, 0.15) is 5.76 Å². The molecule has 0 aliphatic carbocycles. The van der Waals surface area contributed by atoms with Crippen LogP contribution in [-0.4, -0.2) is 7.05 Å². The van der Waals surface area contributed by atoms with Gasteiger partial charge in [0.05, 0.1) is 6.04 Å². The van der Waals surface area contributed by atoms with Crippen molar-refractivity contribution >= 4 is 26.9 Å². The van der Waals surface area contributed by atoms with E-state index in [1.54, 1.807) is 6.07 Å². The third-order valence-corrected chi connectivity index (χ3v) is 3.77. The molecule has 0 saturated carbocycles. The van der Waals surface area contributed by atoms with Gasteiger partial charge >= 0.3 is 0 Å². The summed E-state index contributed by atoms with van der Waals surface area (Å²) in [5, 5.41) is 3.69. The summed E-state index contributed by atoms with van der Waals surface area (Å²) in [4.78, 5) is 0. The zero-order chi connectivity index (χ0) is 14.4. The third kappa shape index (κ3) is 2.54. The standard InChI is InChI=1S/C14H16BrF2NO/c1-14(2,3)13(18-4)10-5-7-8(15)6-9(16)11(17)12(7)19-10/h5-6,13,18H,1-4H3. The molecule has 1 heterocycles. The van der Waals surface area contributed by atoms with Crippen LogP contribution < -0.4 is 5.32 Å². The normalized spacial score (nSPS) is 14.1. The largest absolute Gasteiger partial charge is 0.456 e. The highest BCUT2D eigenvalue weighted by Gasteiger charge is 2.29. The third-order valence-electron chi connectivity index (χ3n) is 3.11. The van der Waals surface area contributed by atoms with Crippen LogP contribution in [0.5, 0.6) is 0 Å². The molecule has 5 heteroatoms. The summed E-state index contributed by atoms with van der Waals surface area (Å²) in [6.07, 6.45) is 0. The Balaban J connectivity index is 2.65. The fraction of sp³-hybridized carbons (Fsp3) is 0.429. The first-order valence-corrected chi connectivity index (χ1v) is 6.79. The number of furan rings is 1. The molecule has 2 aromatic rings. The van der Waals surface area contributed by atoms with Gasteiger partial charge in [-0.25, -0.2) is 4.39 Å². The van der Waals surface area contributed by atoms with Gasteiger partial charge in [0.25, 0.3) is 0 Å². The highest BCUT2D eigenvalue weighted by Crippen LogP contribution is 2.38. The van der Waals surface area contributed by atoms with Crippen molar-refractivity contribution in [2.75, 3.05) is 7.05 Å². The molecule has 1 unspecified atom stereocenters. The molecule has 2 nitrogen and oxygen atoms in total. The Morgan fingerprint density at radius 2 is 1.89 bits per heavy atom. The minimum atomic E-state index is -0.951. The quantitative estimate of drug-likeness (QED) is 0.801. The predicted octanol–water partition coefficient (Wildman–Crippen LogP) is 4.78. The maximum absolute atomic E-state index is 13.7. The SMILES string of the molecule is CNC(c1cc2c(Br)cc(F)c(F)c2o1)C(C)(C)C. The predicted molar refractivity (Wildman–Crippen MR) is 75.1 cm³/mol. The molecule has 0 aliphatic heterocycles. The molecular formula is C14H16BrF2NO. The monoisotopic (exact) mass is 331 g/mol. The maximum atomic E-state index is 13.7. The Labute approximate surface area is 119 Å². The Morgan fingerprint density at radius 1 is 1.26 bits per heavy atom. The summed E-state index contributed by atoms with van der Waals surface area (Å²) in [6, 6.07) is 2.77. The van der Waals surface area contributed by atoms with Crippen LogP contribution in [0.4, 0.5) is 8.78 Å². The van der Waals surface area contributed by atoms with Crippen LogP contribution in [0.25, 0.3) is 11.0 Å². The highest BCUT2D eigenvalue weighted by molar-refractivity contribution is 9.10. The van der Waals surface area contributed by atoms with Crippen LogP contribution in [0.15, 0.2) is 21.0 Å². The Kier molecular flexibility index (Phi) is 3.71. The van der Waals surface area contributed by atoms with E-state index >= 15 is 0 Å². The first-order chi connectivity index (χ1) is 8.75. The van der Waals surface area contributed by atoms with Crippen LogP contribution in [0.1, 0.15) is 32.6 Å². The van der Waals surface area contributed by atoms with E-state index in [4.69, 9.17) is 4.42 Å². The van der Waals surface area contributed by atoms with Gasteiger partial charge in [-0.1, -0.05) is 20.8 Å². The molecular weight excluding hydrogens is 316 g/mol. The molecule has 0 amide bonds. The van der Waals surface area contributed by atoms with Crippen molar-refractivity contribution in [1.29, 1.82) is 0 Å². The van der Waals surface area contributed by atoms with Crippen molar-refractivity contribution in [3.05, 3.63) is 34.0 Å². The summed E-state index contributed by atoms with van der Waals surface area (Å²) >= 11 is 3.23. The molecule has 2 rings (SSSR count). The summed E-state index contributed by atoms with van der Waals surface area (Å²) < 4.78 is 33.1. The van der Waals surface area contributed by atoms with E-state index in [0.717, 1.165) is 6.07 Å². The number of benzene rings is 1. The lowest BCUT2D eigenvalue weighted by Crippen LogP contribution is -2.29. The maximum Gasteiger partial charge on any atom is 0.201 e. The van der Waals surface area contributed by atoms with Gasteiger partial charge in [-0.2, -0.15) is 4.39 Å². The van der Waals surface area contributed by atoms with Gasteiger partial charge in [-0.3, -0.25) is 0 Å². The minimum absolute atomic E-state index is 0.0497. The number of hydrogen-bond donors (Lipinski definition) is 1. The summed E-state index contributed by atoms with van der Waals surface area (Å²) in [7, 11) is 1.81. The van der Waals surface area contributed by atoms with E-state index in [1.165, 1.54) is 0 Å². The van der Waals surface area contributed by atoms with Gasteiger partial charge in [0.2, 0.25) is 5.82 Å². The van der Waals surface area contributed by atoms with Crippen molar-refractivity contribution in [1.82, 2.24) is 5.32 Å². The number of fused-ring (bicyclic) bond motifs is 1. The van der Waals surface area contributed by atoms with Crippen LogP contribution in [0.2, 0.25) is 0 Å². The van der Waals surface area contributed by atoms with Gasteiger partial charge < -0.3 is 9.73 Å². The van der Waals surface area contributed by atoms with E-state index in [9.17, 15) is 8.78 Å². The second kappa shape index (κ2) is 4.87. The average Bonchev–Trinajstić information content (AvgIpc) is 2.70. The van der Waals surface area contributed by atoms with Crippen LogP contribution >= 0.6 is 15.9 Å². The molecule has 0 radical (unpaired) electrons. The summed E-state index contributed by atoms with van der Waals surface area (Å²) in [6.45, 7) is 6.15. The molecule has 0 aliphatic rings. The van der Waals surface area contributed by atoms with Crippen molar-refractivity contribution < 1.29 is 13.2 Å². The van der Waals surface area contributed by atoms with Crippen molar-refractivity contribution in [3.8, 4) is 0 Å². The van der Waals surface area contributed by atoms with Crippen LogP contribution in [0, 0.1) is 17.0 Å². The molecule has 0 bridgehead atoms. The van der Waals surface area contributed by atoms with Crippen molar-refractivity contribution in [3.63, 3.8) is 0 Å². The first kappa shape index (κ1) is 14.5. The van der Waals surface area contributed by atoms with Gasteiger partial charge in [0, 0.05) is 9.86 Å². The van der Waals surface area contributed by atoms with Gasteiger partial charge in [0.15, 0.2) is 11.4 Å². The molecule has 0 saturated heterocycles. The first-order valence-electron chi connectivity index (χ1n) is 6.00. The van der Waals surface area contributed by atoms with Gasteiger partial charge in [-0.15, -0.1) is 0 Å². The molecule has 1 atom stereocenters. The fourth-order valence-corrected chi connectivity index (χ4v) is 2.75. The summed E-state index contributed by atoms with van der Waals surface area (Å²) in [5.74, 6) is -1.28. The molecule has 1 N–H and O–H groups in total. The topological polar surface area (TPSA) is 25.2 Å². The van der Waals surface area contributed by atoms with E-state index in [-0.39, 0.29) is 17.0 Å². The summed E-state index contributed by atoms with van der Waals surface area (Å²) in [5.41, 5.74) is -0.157. The van der Waals surface area contributed by atoms with Crippen molar-refractivity contribution in [2.24, 2.45) is 5.41 Å². The number of nitrogens with one attached hydrogen (secondary N) is 1. The van der Waals surface area contributed by atoms with E-state index < -0.39 is 11.6 Å². The Bertz CT molecular complexity index is 616.